The normalized spacial score (nSPS) is 18.1. The van der Waals surface area contributed by atoms with Gasteiger partial charge in [-0.2, -0.15) is 0 Å². The van der Waals surface area contributed by atoms with E-state index in [1.54, 1.807) is 25.1 Å². The summed E-state index contributed by atoms with van der Waals surface area (Å²) in [4.78, 5) is 12.8. The van der Waals surface area contributed by atoms with Crippen LogP contribution in [0.2, 0.25) is 0 Å². The third-order valence-corrected chi connectivity index (χ3v) is 5.06. The van der Waals surface area contributed by atoms with E-state index in [1.165, 1.54) is 0 Å². The summed E-state index contributed by atoms with van der Waals surface area (Å²) in [5, 5.41) is 3.08. The van der Waals surface area contributed by atoms with Gasteiger partial charge in [-0.25, -0.2) is 8.42 Å². The zero-order valence-electron chi connectivity index (χ0n) is 15.9. The third-order valence-electron chi connectivity index (χ3n) is 4.47. The molecule has 1 atom stereocenters. The molecule has 2 N–H and O–H groups in total. The first-order chi connectivity index (χ1) is 12.5. The maximum atomic E-state index is 12.8. The van der Waals surface area contributed by atoms with Crippen molar-refractivity contribution in [3.05, 3.63) is 59.2 Å². The highest BCUT2D eigenvalue weighted by Gasteiger charge is 2.34. The van der Waals surface area contributed by atoms with Crippen LogP contribution >= 0.6 is 0 Å². The van der Waals surface area contributed by atoms with Gasteiger partial charge < -0.3 is 10.1 Å². The average molecular weight is 388 g/mol. The second-order valence-electron chi connectivity index (χ2n) is 7.53. The van der Waals surface area contributed by atoms with Crippen molar-refractivity contribution in [2.75, 3.05) is 11.0 Å². The van der Waals surface area contributed by atoms with Gasteiger partial charge in [0, 0.05) is 17.5 Å². The van der Waals surface area contributed by atoms with Crippen LogP contribution in [0.25, 0.3) is 0 Å². The number of fused-ring (bicyclic) bond motifs is 1. The minimum absolute atomic E-state index is 0.161. The highest BCUT2D eigenvalue weighted by Crippen LogP contribution is 2.39. The Morgan fingerprint density at radius 2 is 1.89 bits per heavy atom. The van der Waals surface area contributed by atoms with Crippen LogP contribution in [0.3, 0.4) is 0 Å². The molecule has 0 spiro atoms. The third kappa shape index (κ3) is 4.60. The number of para-hydroxylation sites is 1. The van der Waals surface area contributed by atoms with Gasteiger partial charge in [-0.3, -0.25) is 9.52 Å². The number of hydrogen-bond donors (Lipinski definition) is 2. The number of sulfonamides is 1. The second kappa shape index (κ2) is 6.88. The second-order valence-corrected chi connectivity index (χ2v) is 9.28. The Morgan fingerprint density at radius 3 is 2.56 bits per heavy atom. The molecule has 0 saturated heterocycles. The fourth-order valence-corrected chi connectivity index (χ4v) is 3.92. The van der Waals surface area contributed by atoms with Crippen molar-refractivity contribution in [3.8, 4) is 5.75 Å². The standard InChI is InChI=1S/C20H24N2O4S/c1-13-11-14(9-10-16(13)22-27(4,24)25)19(23)21-17-12-20(2,3)26-18-8-6-5-7-15(17)18/h5-11,17,22H,12H2,1-4H3,(H,21,23)/t17-/m1/s1. The fraction of sp³-hybridized carbons (Fsp3) is 0.350. The van der Waals surface area contributed by atoms with Gasteiger partial charge in [-0.15, -0.1) is 0 Å². The molecule has 2 aromatic carbocycles. The molecule has 0 radical (unpaired) electrons. The molecule has 0 aromatic heterocycles. The van der Waals surface area contributed by atoms with Gasteiger partial charge in [0.25, 0.3) is 5.91 Å². The first-order valence-corrected chi connectivity index (χ1v) is 10.6. The minimum atomic E-state index is -3.37. The molecule has 0 saturated carbocycles. The SMILES string of the molecule is Cc1cc(C(=O)N[C@@H]2CC(C)(C)Oc3ccccc32)ccc1NS(C)(=O)=O. The number of ether oxygens (including phenoxy) is 1. The lowest BCUT2D eigenvalue weighted by molar-refractivity contribution is 0.0619. The zero-order valence-corrected chi connectivity index (χ0v) is 16.7. The van der Waals surface area contributed by atoms with Crippen molar-refractivity contribution in [2.45, 2.75) is 38.8 Å². The number of rotatable bonds is 4. The van der Waals surface area contributed by atoms with Crippen LogP contribution in [-0.4, -0.2) is 26.2 Å². The lowest BCUT2D eigenvalue weighted by atomic mass is 9.89. The number of carbonyl (C=O) groups excluding carboxylic acids is 1. The van der Waals surface area contributed by atoms with Crippen LogP contribution in [0.1, 0.15) is 47.8 Å². The maximum absolute atomic E-state index is 12.8. The predicted molar refractivity (Wildman–Crippen MR) is 106 cm³/mol. The zero-order chi connectivity index (χ0) is 19.8. The van der Waals surface area contributed by atoms with E-state index < -0.39 is 10.0 Å². The summed E-state index contributed by atoms with van der Waals surface area (Å²) >= 11 is 0. The van der Waals surface area contributed by atoms with Crippen LogP contribution in [0.5, 0.6) is 5.75 Å². The van der Waals surface area contributed by atoms with E-state index in [0.717, 1.165) is 17.6 Å². The molecule has 6 nitrogen and oxygen atoms in total. The first kappa shape index (κ1) is 19.2. The van der Waals surface area contributed by atoms with Crippen molar-refractivity contribution < 1.29 is 17.9 Å². The molecule has 1 amide bonds. The Labute approximate surface area is 160 Å². The number of hydrogen-bond acceptors (Lipinski definition) is 4. The van der Waals surface area contributed by atoms with Crippen molar-refractivity contribution in [1.82, 2.24) is 5.32 Å². The molecular formula is C20H24N2O4S. The number of aryl methyl sites for hydroxylation is 1. The Balaban J connectivity index is 1.82. The molecule has 2 aromatic rings. The van der Waals surface area contributed by atoms with Crippen LogP contribution < -0.4 is 14.8 Å². The molecule has 0 unspecified atom stereocenters. The van der Waals surface area contributed by atoms with Crippen molar-refractivity contribution in [2.24, 2.45) is 0 Å². The Hall–Kier alpha value is -2.54. The van der Waals surface area contributed by atoms with E-state index in [1.807, 2.05) is 38.1 Å². The number of anilines is 1. The van der Waals surface area contributed by atoms with E-state index >= 15 is 0 Å². The van der Waals surface area contributed by atoms with E-state index in [4.69, 9.17) is 4.74 Å². The summed E-state index contributed by atoms with van der Waals surface area (Å²) in [6.07, 6.45) is 1.75. The van der Waals surface area contributed by atoms with E-state index in [-0.39, 0.29) is 17.6 Å². The Bertz CT molecular complexity index is 983. The molecule has 3 rings (SSSR count). The molecule has 27 heavy (non-hydrogen) atoms. The highest BCUT2D eigenvalue weighted by atomic mass is 32.2. The van der Waals surface area contributed by atoms with Gasteiger partial charge in [0.1, 0.15) is 11.4 Å². The van der Waals surface area contributed by atoms with Crippen LogP contribution in [0, 0.1) is 6.92 Å². The molecule has 1 aliphatic heterocycles. The summed E-state index contributed by atoms with van der Waals surface area (Å²) in [6, 6.07) is 12.4. The van der Waals surface area contributed by atoms with Gasteiger partial charge >= 0.3 is 0 Å². The topological polar surface area (TPSA) is 84.5 Å². The van der Waals surface area contributed by atoms with Crippen LogP contribution in [0.15, 0.2) is 42.5 Å². The monoisotopic (exact) mass is 388 g/mol. The maximum Gasteiger partial charge on any atom is 0.251 e. The van der Waals surface area contributed by atoms with E-state index in [2.05, 4.69) is 10.0 Å². The van der Waals surface area contributed by atoms with E-state index in [9.17, 15) is 13.2 Å². The van der Waals surface area contributed by atoms with E-state index in [0.29, 0.717) is 23.2 Å². The number of amides is 1. The average Bonchev–Trinajstić information content (AvgIpc) is 2.54. The van der Waals surface area contributed by atoms with Crippen LogP contribution in [0.4, 0.5) is 5.69 Å². The molecule has 144 valence electrons. The largest absolute Gasteiger partial charge is 0.487 e. The summed E-state index contributed by atoms with van der Waals surface area (Å²) in [5.74, 6) is 0.574. The Kier molecular flexibility index (Phi) is 4.90. The van der Waals surface area contributed by atoms with Gasteiger partial charge in [0.15, 0.2) is 0 Å². The fourth-order valence-electron chi connectivity index (χ4n) is 3.29. The number of carbonyl (C=O) groups is 1. The van der Waals surface area contributed by atoms with Gasteiger partial charge in [-0.05, 0) is 50.6 Å². The number of benzene rings is 2. The summed E-state index contributed by atoms with van der Waals surface area (Å²) in [6.45, 7) is 5.76. The lowest BCUT2D eigenvalue weighted by Crippen LogP contribution is -2.41. The Morgan fingerprint density at radius 1 is 1.19 bits per heavy atom. The molecule has 7 heteroatoms. The molecule has 1 aliphatic rings. The molecule has 0 bridgehead atoms. The quantitative estimate of drug-likeness (QED) is 0.841. The van der Waals surface area contributed by atoms with Gasteiger partial charge in [0.05, 0.1) is 18.0 Å². The highest BCUT2D eigenvalue weighted by molar-refractivity contribution is 7.92. The van der Waals surface area contributed by atoms with Gasteiger partial charge in [-0.1, -0.05) is 18.2 Å². The summed E-state index contributed by atoms with van der Waals surface area (Å²) < 4.78 is 31.3. The smallest absolute Gasteiger partial charge is 0.251 e. The molecule has 0 aliphatic carbocycles. The molecule has 1 heterocycles. The molecular weight excluding hydrogens is 364 g/mol. The molecule has 0 fully saturated rings. The minimum Gasteiger partial charge on any atom is -0.487 e. The summed E-state index contributed by atoms with van der Waals surface area (Å²) in [7, 11) is -3.37. The van der Waals surface area contributed by atoms with Crippen molar-refractivity contribution >= 4 is 21.6 Å². The van der Waals surface area contributed by atoms with Gasteiger partial charge in [0.2, 0.25) is 10.0 Å². The lowest BCUT2D eigenvalue weighted by Gasteiger charge is -2.37. The van der Waals surface area contributed by atoms with Crippen molar-refractivity contribution in [3.63, 3.8) is 0 Å². The number of nitrogens with one attached hydrogen (secondary N) is 2. The van der Waals surface area contributed by atoms with Crippen LogP contribution in [-0.2, 0) is 10.0 Å². The van der Waals surface area contributed by atoms with Crippen molar-refractivity contribution in [1.29, 1.82) is 0 Å². The summed E-state index contributed by atoms with van der Waals surface area (Å²) in [5.41, 5.74) is 2.20. The predicted octanol–water partition coefficient (Wildman–Crippen LogP) is 3.40. The first-order valence-electron chi connectivity index (χ1n) is 8.71.